The van der Waals surface area contributed by atoms with Crippen molar-refractivity contribution >= 4 is 23.6 Å². The fourth-order valence-electron chi connectivity index (χ4n) is 2.98. The molecule has 1 saturated heterocycles. The van der Waals surface area contributed by atoms with Crippen molar-refractivity contribution in [2.45, 2.75) is 19.8 Å². The number of carbonyl (C=O) groups is 1. The number of hydrogen-bond donors (Lipinski definition) is 2. The molecule has 2 N–H and O–H groups in total. The number of nitrogens with zero attached hydrogens (tertiary/aromatic N) is 2. The molecular formula is C20H23N3O2. The average molecular weight is 337 g/mol. The molecule has 0 aliphatic carbocycles. The highest BCUT2D eigenvalue weighted by Gasteiger charge is 2.15. The predicted octanol–water partition coefficient (Wildman–Crippen LogP) is 4.07. The number of piperidine rings is 1. The number of rotatable bonds is 5. The molecule has 0 radical (unpaired) electrons. The summed E-state index contributed by atoms with van der Waals surface area (Å²) in [7, 11) is 0. The van der Waals surface area contributed by atoms with Crippen LogP contribution in [0.5, 0.6) is 0 Å². The lowest BCUT2D eigenvalue weighted by molar-refractivity contribution is 0.0698. The molecule has 0 spiro atoms. The minimum absolute atomic E-state index is 0.203. The van der Waals surface area contributed by atoms with Gasteiger partial charge in [0.2, 0.25) is 0 Å². The van der Waals surface area contributed by atoms with E-state index in [-0.39, 0.29) is 5.56 Å². The summed E-state index contributed by atoms with van der Waals surface area (Å²) in [5, 5.41) is 13.3. The van der Waals surface area contributed by atoms with Gasteiger partial charge in [-0.25, -0.2) is 4.79 Å². The number of aromatic carboxylic acids is 1. The zero-order valence-electron chi connectivity index (χ0n) is 14.4. The molecule has 0 amide bonds. The third-order valence-electron chi connectivity index (χ3n) is 4.60. The Morgan fingerprint density at radius 1 is 1.16 bits per heavy atom. The Morgan fingerprint density at radius 2 is 1.84 bits per heavy atom. The largest absolute Gasteiger partial charge is 0.478 e. The number of anilines is 2. The van der Waals surface area contributed by atoms with Crippen LogP contribution >= 0.6 is 0 Å². The van der Waals surface area contributed by atoms with Gasteiger partial charge in [0, 0.05) is 18.8 Å². The van der Waals surface area contributed by atoms with E-state index in [0.717, 1.165) is 24.6 Å². The minimum Gasteiger partial charge on any atom is -0.478 e. The third kappa shape index (κ3) is 4.38. The molecule has 2 aromatic carbocycles. The predicted molar refractivity (Wildman–Crippen MR) is 102 cm³/mol. The normalized spacial score (nSPS) is 15.5. The second-order valence-electron chi connectivity index (χ2n) is 6.48. The summed E-state index contributed by atoms with van der Waals surface area (Å²) in [4.78, 5) is 13.6. The van der Waals surface area contributed by atoms with Gasteiger partial charge < -0.3 is 10.0 Å². The number of benzene rings is 2. The molecule has 0 bridgehead atoms. The molecule has 2 aromatic rings. The van der Waals surface area contributed by atoms with Crippen LogP contribution in [0.25, 0.3) is 0 Å². The van der Waals surface area contributed by atoms with Crippen molar-refractivity contribution in [3.63, 3.8) is 0 Å². The molecule has 1 aliphatic rings. The first-order valence-corrected chi connectivity index (χ1v) is 8.60. The SMILES string of the molecule is CC1CCN(c2ccc(C=NNc3ccccc3C(=O)O)cc2)CC1. The number of nitrogens with one attached hydrogen (secondary N) is 1. The van der Waals surface area contributed by atoms with Crippen LogP contribution in [0.15, 0.2) is 53.6 Å². The standard InChI is InChI=1S/C20H23N3O2/c1-15-10-12-23(13-11-15)17-8-6-16(7-9-17)14-21-22-19-5-3-2-4-18(19)20(24)25/h2-9,14-15,22H,10-13H2,1H3,(H,24,25). The van der Waals surface area contributed by atoms with E-state index in [2.05, 4.69) is 34.5 Å². The molecule has 5 heteroatoms. The number of hydrazone groups is 1. The maximum Gasteiger partial charge on any atom is 0.337 e. The van der Waals surface area contributed by atoms with Gasteiger partial charge in [0.05, 0.1) is 17.5 Å². The molecule has 3 rings (SSSR count). The van der Waals surface area contributed by atoms with Crippen molar-refractivity contribution in [1.82, 2.24) is 0 Å². The van der Waals surface area contributed by atoms with Crippen LogP contribution in [0, 0.1) is 5.92 Å². The fourth-order valence-corrected chi connectivity index (χ4v) is 2.98. The van der Waals surface area contributed by atoms with Gasteiger partial charge >= 0.3 is 5.97 Å². The first-order valence-electron chi connectivity index (χ1n) is 8.60. The topological polar surface area (TPSA) is 64.9 Å². The van der Waals surface area contributed by atoms with Crippen LogP contribution in [-0.4, -0.2) is 30.4 Å². The smallest absolute Gasteiger partial charge is 0.337 e. The molecule has 0 saturated carbocycles. The lowest BCUT2D eigenvalue weighted by Crippen LogP contribution is -2.32. The molecule has 0 aromatic heterocycles. The molecule has 0 atom stereocenters. The van der Waals surface area contributed by atoms with Gasteiger partial charge in [-0.05, 0) is 48.6 Å². The molecule has 1 heterocycles. The summed E-state index contributed by atoms with van der Waals surface area (Å²) >= 11 is 0. The van der Waals surface area contributed by atoms with E-state index < -0.39 is 5.97 Å². The average Bonchev–Trinajstić information content (AvgIpc) is 2.63. The third-order valence-corrected chi connectivity index (χ3v) is 4.60. The molecule has 1 fully saturated rings. The van der Waals surface area contributed by atoms with E-state index in [9.17, 15) is 4.79 Å². The second-order valence-corrected chi connectivity index (χ2v) is 6.48. The Hall–Kier alpha value is -2.82. The number of carboxylic acid groups (broad SMARTS) is 1. The molecule has 1 aliphatic heterocycles. The van der Waals surface area contributed by atoms with Gasteiger partial charge in [-0.15, -0.1) is 0 Å². The van der Waals surface area contributed by atoms with E-state index in [1.54, 1.807) is 30.5 Å². The van der Waals surface area contributed by atoms with Crippen molar-refractivity contribution in [1.29, 1.82) is 0 Å². The van der Waals surface area contributed by atoms with Crippen molar-refractivity contribution in [2.24, 2.45) is 11.0 Å². The van der Waals surface area contributed by atoms with Gasteiger partial charge in [-0.3, -0.25) is 5.43 Å². The van der Waals surface area contributed by atoms with E-state index in [1.165, 1.54) is 18.5 Å². The highest BCUT2D eigenvalue weighted by Crippen LogP contribution is 2.23. The van der Waals surface area contributed by atoms with Gasteiger partial charge in [0.1, 0.15) is 0 Å². The fraction of sp³-hybridized carbons (Fsp3) is 0.300. The van der Waals surface area contributed by atoms with Crippen LogP contribution in [0.2, 0.25) is 0 Å². The van der Waals surface area contributed by atoms with Crippen LogP contribution in [0.3, 0.4) is 0 Å². The second kappa shape index (κ2) is 7.83. The van der Waals surface area contributed by atoms with Crippen molar-refractivity contribution in [3.8, 4) is 0 Å². The molecule has 25 heavy (non-hydrogen) atoms. The zero-order valence-corrected chi connectivity index (χ0v) is 14.4. The Morgan fingerprint density at radius 3 is 2.52 bits per heavy atom. The Bertz CT molecular complexity index is 748. The van der Waals surface area contributed by atoms with Gasteiger partial charge in [-0.1, -0.05) is 31.2 Å². The molecule has 0 unspecified atom stereocenters. The summed E-state index contributed by atoms with van der Waals surface area (Å²) in [5.74, 6) is -0.152. The maximum absolute atomic E-state index is 11.2. The van der Waals surface area contributed by atoms with E-state index in [1.807, 2.05) is 12.1 Å². The zero-order chi connectivity index (χ0) is 17.6. The quantitative estimate of drug-likeness (QED) is 0.638. The molecule has 5 nitrogen and oxygen atoms in total. The summed E-state index contributed by atoms with van der Waals surface area (Å²) in [6.07, 6.45) is 4.19. The summed E-state index contributed by atoms with van der Waals surface area (Å²) in [6.45, 7) is 4.54. The maximum atomic E-state index is 11.2. The van der Waals surface area contributed by atoms with E-state index in [4.69, 9.17) is 5.11 Å². The molecule has 130 valence electrons. The summed E-state index contributed by atoms with van der Waals surface area (Å²) in [6, 6.07) is 15.0. The number of hydrogen-bond acceptors (Lipinski definition) is 4. The highest BCUT2D eigenvalue weighted by molar-refractivity contribution is 5.94. The van der Waals surface area contributed by atoms with Crippen LogP contribution in [-0.2, 0) is 0 Å². The summed E-state index contributed by atoms with van der Waals surface area (Å²) < 4.78 is 0. The first-order chi connectivity index (χ1) is 12.1. The van der Waals surface area contributed by atoms with E-state index >= 15 is 0 Å². The van der Waals surface area contributed by atoms with Gasteiger partial charge in [0.15, 0.2) is 0 Å². The monoisotopic (exact) mass is 337 g/mol. The lowest BCUT2D eigenvalue weighted by Gasteiger charge is -2.32. The van der Waals surface area contributed by atoms with E-state index in [0.29, 0.717) is 5.69 Å². The Balaban J connectivity index is 1.62. The van der Waals surface area contributed by atoms with Crippen molar-refractivity contribution in [2.75, 3.05) is 23.4 Å². The molecular weight excluding hydrogens is 314 g/mol. The lowest BCUT2D eigenvalue weighted by atomic mass is 9.99. The highest BCUT2D eigenvalue weighted by atomic mass is 16.4. The van der Waals surface area contributed by atoms with Crippen LogP contribution in [0.4, 0.5) is 11.4 Å². The Kier molecular flexibility index (Phi) is 5.33. The van der Waals surface area contributed by atoms with Crippen molar-refractivity contribution in [3.05, 3.63) is 59.7 Å². The van der Waals surface area contributed by atoms with Crippen LogP contribution in [0.1, 0.15) is 35.7 Å². The van der Waals surface area contributed by atoms with Gasteiger partial charge in [-0.2, -0.15) is 5.10 Å². The van der Waals surface area contributed by atoms with Crippen molar-refractivity contribution < 1.29 is 9.90 Å². The van der Waals surface area contributed by atoms with Gasteiger partial charge in [0.25, 0.3) is 0 Å². The first kappa shape index (κ1) is 17.0. The summed E-state index contributed by atoms with van der Waals surface area (Å²) in [5.41, 5.74) is 5.70. The number of carboxylic acids is 1. The number of para-hydroxylation sites is 1. The minimum atomic E-state index is -0.974. The van der Waals surface area contributed by atoms with Crippen LogP contribution < -0.4 is 10.3 Å². The Labute approximate surface area is 148 Å².